The molecule has 3 amide bonds. The number of hydrogen-bond donors (Lipinski definition) is 1. The monoisotopic (exact) mass is 170 g/mol. The fourth-order valence-electron chi connectivity index (χ4n) is 1.26. The molecule has 0 unspecified atom stereocenters. The zero-order chi connectivity index (χ0) is 9.14. The van der Waals surface area contributed by atoms with Crippen LogP contribution in [0.5, 0.6) is 0 Å². The second-order valence-electron chi connectivity index (χ2n) is 3.24. The van der Waals surface area contributed by atoms with Gasteiger partial charge in [0.2, 0.25) is 5.91 Å². The van der Waals surface area contributed by atoms with Crippen LogP contribution in [0.2, 0.25) is 0 Å². The number of amides is 3. The molecule has 1 fully saturated rings. The summed E-state index contributed by atoms with van der Waals surface area (Å²) in [7, 11) is 0. The molecule has 0 spiro atoms. The topological polar surface area (TPSA) is 49.4 Å². The fourth-order valence-corrected chi connectivity index (χ4v) is 1.26. The fraction of sp³-hybridized carbons (Fsp3) is 0.750. The Hall–Kier alpha value is -1.06. The minimum atomic E-state index is -0.257. The summed E-state index contributed by atoms with van der Waals surface area (Å²) in [6, 6.07) is -0.0941. The zero-order valence-corrected chi connectivity index (χ0v) is 7.46. The molecular weight excluding hydrogens is 156 g/mol. The van der Waals surface area contributed by atoms with Gasteiger partial charge in [-0.15, -0.1) is 0 Å². The van der Waals surface area contributed by atoms with E-state index in [4.69, 9.17) is 0 Å². The first-order valence-electron chi connectivity index (χ1n) is 4.21. The van der Waals surface area contributed by atoms with E-state index >= 15 is 0 Å². The molecule has 1 N–H and O–H groups in total. The lowest BCUT2D eigenvalue weighted by Gasteiger charge is -2.23. The molecule has 1 rings (SSSR count). The number of hydrogen-bond acceptors (Lipinski definition) is 2. The van der Waals surface area contributed by atoms with Crippen LogP contribution in [-0.2, 0) is 4.79 Å². The van der Waals surface area contributed by atoms with Gasteiger partial charge in [-0.1, -0.05) is 0 Å². The van der Waals surface area contributed by atoms with Gasteiger partial charge < -0.3 is 4.90 Å². The maximum absolute atomic E-state index is 11.3. The minimum Gasteiger partial charge on any atom is -0.322 e. The molecule has 4 nitrogen and oxygen atoms in total. The van der Waals surface area contributed by atoms with Gasteiger partial charge in [0.15, 0.2) is 0 Å². The molecule has 12 heavy (non-hydrogen) atoms. The molecule has 0 atom stereocenters. The molecule has 0 radical (unpaired) electrons. The predicted octanol–water partition coefficient (Wildman–Crippen LogP) is 0.727. The lowest BCUT2D eigenvalue weighted by atomic mass is 10.2. The third kappa shape index (κ3) is 1.96. The van der Waals surface area contributed by atoms with E-state index in [1.54, 1.807) is 4.90 Å². The first-order valence-corrected chi connectivity index (χ1v) is 4.21. The smallest absolute Gasteiger partial charge is 0.322 e. The lowest BCUT2D eigenvalue weighted by Crippen LogP contribution is -2.43. The average Bonchev–Trinajstić information content (AvgIpc) is 2.10. The molecule has 4 heteroatoms. The van der Waals surface area contributed by atoms with E-state index < -0.39 is 0 Å². The van der Waals surface area contributed by atoms with Crippen LogP contribution in [0.15, 0.2) is 0 Å². The maximum Gasteiger partial charge on any atom is 0.324 e. The van der Waals surface area contributed by atoms with E-state index in [0.717, 1.165) is 6.42 Å². The van der Waals surface area contributed by atoms with Gasteiger partial charge in [-0.3, -0.25) is 10.1 Å². The van der Waals surface area contributed by atoms with Crippen molar-refractivity contribution in [1.29, 1.82) is 0 Å². The summed E-state index contributed by atoms with van der Waals surface area (Å²) in [6.45, 7) is 4.56. The van der Waals surface area contributed by atoms with Crippen molar-refractivity contribution in [3.05, 3.63) is 0 Å². The lowest BCUT2D eigenvalue weighted by molar-refractivity contribution is -0.119. The van der Waals surface area contributed by atoms with Crippen molar-refractivity contribution in [2.75, 3.05) is 6.54 Å². The van der Waals surface area contributed by atoms with E-state index in [-0.39, 0.29) is 18.0 Å². The number of carbonyl (C=O) groups is 2. The van der Waals surface area contributed by atoms with Crippen LogP contribution in [0, 0.1) is 0 Å². The van der Waals surface area contributed by atoms with Gasteiger partial charge >= 0.3 is 6.03 Å². The number of rotatable bonds is 1. The number of nitrogens with one attached hydrogen (secondary N) is 1. The van der Waals surface area contributed by atoms with Crippen molar-refractivity contribution in [2.45, 2.75) is 32.7 Å². The zero-order valence-electron chi connectivity index (χ0n) is 7.46. The molecule has 0 aromatic heterocycles. The van der Waals surface area contributed by atoms with Crippen molar-refractivity contribution >= 4 is 11.9 Å². The van der Waals surface area contributed by atoms with Crippen LogP contribution in [0.25, 0.3) is 0 Å². The van der Waals surface area contributed by atoms with E-state index in [1.807, 2.05) is 13.8 Å². The van der Waals surface area contributed by atoms with Crippen LogP contribution >= 0.6 is 0 Å². The van der Waals surface area contributed by atoms with E-state index in [0.29, 0.717) is 13.0 Å². The molecule has 0 bridgehead atoms. The highest BCUT2D eigenvalue weighted by atomic mass is 16.2. The van der Waals surface area contributed by atoms with Crippen molar-refractivity contribution in [1.82, 2.24) is 10.2 Å². The number of nitrogens with zero attached hydrogens (tertiary/aromatic N) is 1. The first kappa shape index (κ1) is 9.03. The Labute approximate surface area is 71.9 Å². The molecule has 1 aliphatic rings. The minimum absolute atomic E-state index is 0.163. The second-order valence-corrected chi connectivity index (χ2v) is 3.24. The first-order chi connectivity index (χ1) is 5.61. The number of imide groups is 1. The maximum atomic E-state index is 11.3. The predicted molar refractivity (Wildman–Crippen MR) is 44.6 cm³/mol. The number of carbonyl (C=O) groups excluding carboxylic acids is 2. The summed E-state index contributed by atoms with van der Waals surface area (Å²) in [5.74, 6) is -0.164. The van der Waals surface area contributed by atoms with E-state index in [9.17, 15) is 9.59 Å². The molecule has 1 aliphatic heterocycles. The third-order valence-corrected chi connectivity index (χ3v) is 1.93. The highest BCUT2D eigenvalue weighted by molar-refractivity contribution is 5.95. The Kier molecular flexibility index (Phi) is 2.68. The van der Waals surface area contributed by atoms with Crippen molar-refractivity contribution in [2.24, 2.45) is 0 Å². The summed E-state index contributed by atoms with van der Waals surface area (Å²) < 4.78 is 0. The Morgan fingerprint density at radius 2 is 2.08 bits per heavy atom. The van der Waals surface area contributed by atoms with Gasteiger partial charge in [0.1, 0.15) is 0 Å². The van der Waals surface area contributed by atoms with E-state index in [1.165, 1.54) is 0 Å². The molecule has 0 aromatic carbocycles. The standard InChI is InChI=1S/C8H14N2O2/c1-6(2)10-5-3-4-7(11)9-8(10)12/h6H,3-5H2,1-2H3,(H,9,11,12). The molecule has 0 saturated carbocycles. The molecule has 1 heterocycles. The van der Waals surface area contributed by atoms with Crippen LogP contribution in [-0.4, -0.2) is 29.4 Å². The number of urea groups is 1. The highest BCUT2D eigenvalue weighted by Crippen LogP contribution is 2.05. The molecule has 1 saturated heterocycles. The average molecular weight is 170 g/mol. The molecular formula is C8H14N2O2. The van der Waals surface area contributed by atoms with Crippen molar-refractivity contribution < 1.29 is 9.59 Å². The van der Waals surface area contributed by atoms with Gasteiger partial charge in [-0.05, 0) is 20.3 Å². The van der Waals surface area contributed by atoms with E-state index in [2.05, 4.69) is 5.32 Å². The van der Waals surface area contributed by atoms with Crippen molar-refractivity contribution in [3.63, 3.8) is 0 Å². The highest BCUT2D eigenvalue weighted by Gasteiger charge is 2.21. The summed E-state index contributed by atoms with van der Waals surface area (Å²) in [4.78, 5) is 23.8. The van der Waals surface area contributed by atoms with Crippen LogP contribution in [0.3, 0.4) is 0 Å². The molecule has 68 valence electrons. The second kappa shape index (κ2) is 3.56. The van der Waals surface area contributed by atoms with Crippen LogP contribution in [0.4, 0.5) is 4.79 Å². The van der Waals surface area contributed by atoms with Crippen LogP contribution in [0.1, 0.15) is 26.7 Å². The van der Waals surface area contributed by atoms with Gasteiger partial charge in [0.05, 0.1) is 0 Å². The Balaban J connectivity index is 2.64. The summed E-state index contributed by atoms with van der Waals surface area (Å²) in [6.07, 6.45) is 1.21. The molecule has 0 aromatic rings. The Morgan fingerprint density at radius 3 is 2.67 bits per heavy atom. The van der Waals surface area contributed by atoms with Gasteiger partial charge in [0.25, 0.3) is 0 Å². The Morgan fingerprint density at radius 1 is 1.42 bits per heavy atom. The van der Waals surface area contributed by atoms with Crippen LogP contribution < -0.4 is 5.32 Å². The van der Waals surface area contributed by atoms with Gasteiger partial charge in [-0.25, -0.2) is 4.79 Å². The SMILES string of the molecule is CC(C)N1CCCC(=O)NC1=O. The Bertz CT molecular complexity index is 201. The summed E-state index contributed by atoms with van der Waals surface area (Å²) in [5.41, 5.74) is 0. The third-order valence-electron chi connectivity index (χ3n) is 1.93. The van der Waals surface area contributed by atoms with Gasteiger partial charge in [-0.2, -0.15) is 0 Å². The quantitative estimate of drug-likeness (QED) is 0.630. The molecule has 0 aliphatic carbocycles. The summed E-state index contributed by atoms with van der Waals surface area (Å²) in [5, 5.41) is 2.32. The van der Waals surface area contributed by atoms with Gasteiger partial charge in [0, 0.05) is 19.0 Å². The summed E-state index contributed by atoms with van der Waals surface area (Å²) >= 11 is 0. The largest absolute Gasteiger partial charge is 0.324 e. The normalized spacial score (nSPS) is 19.4. The van der Waals surface area contributed by atoms with Crippen molar-refractivity contribution in [3.8, 4) is 0 Å².